The quantitative estimate of drug-likeness (QED) is 0.865. The van der Waals surface area contributed by atoms with Gasteiger partial charge in [0.15, 0.2) is 0 Å². The van der Waals surface area contributed by atoms with Crippen molar-refractivity contribution in [3.05, 3.63) is 51.7 Å². The van der Waals surface area contributed by atoms with Crippen LogP contribution in [0, 0.1) is 6.92 Å². The number of ether oxygens (including phenoxy) is 1. The number of thiophene rings is 1. The summed E-state index contributed by atoms with van der Waals surface area (Å²) in [5.41, 5.74) is 1.97. The smallest absolute Gasteiger partial charge is 0.240 e. The molecule has 1 aliphatic rings. The van der Waals surface area contributed by atoms with Gasteiger partial charge in [-0.25, -0.2) is 5.01 Å². The van der Waals surface area contributed by atoms with Gasteiger partial charge in [-0.05, 0) is 48.9 Å². The van der Waals surface area contributed by atoms with Crippen molar-refractivity contribution in [3.63, 3.8) is 0 Å². The molecule has 1 unspecified atom stereocenters. The van der Waals surface area contributed by atoms with E-state index in [0.29, 0.717) is 0 Å². The van der Waals surface area contributed by atoms with E-state index in [1.54, 1.807) is 30.4 Å². The van der Waals surface area contributed by atoms with Crippen LogP contribution in [-0.4, -0.2) is 23.7 Å². The van der Waals surface area contributed by atoms with E-state index in [0.717, 1.165) is 23.4 Å². The van der Waals surface area contributed by atoms with Crippen LogP contribution in [-0.2, 0) is 4.79 Å². The molecule has 2 heterocycles. The van der Waals surface area contributed by atoms with E-state index < -0.39 is 0 Å². The predicted octanol–water partition coefficient (Wildman–Crippen LogP) is 3.76. The molecule has 0 saturated carbocycles. The van der Waals surface area contributed by atoms with Gasteiger partial charge in [0, 0.05) is 23.1 Å². The second kappa shape index (κ2) is 5.93. The van der Waals surface area contributed by atoms with Crippen molar-refractivity contribution < 1.29 is 9.53 Å². The lowest BCUT2D eigenvalue weighted by molar-refractivity contribution is -0.130. The summed E-state index contributed by atoms with van der Waals surface area (Å²) >= 11 is 1.72. The molecule has 2 aromatic rings. The molecule has 114 valence electrons. The molecule has 1 aromatic heterocycles. The Balaban J connectivity index is 1.90. The molecular formula is C17H18N2O2S. The van der Waals surface area contributed by atoms with E-state index in [2.05, 4.69) is 24.2 Å². The fourth-order valence-electron chi connectivity index (χ4n) is 2.61. The van der Waals surface area contributed by atoms with Crippen molar-refractivity contribution in [1.82, 2.24) is 5.01 Å². The monoisotopic (exact) mass is 314 g/mol. The Bertz CT molecular complexity index is 719. The van der Waals surface area contributed by atoms with E-state index in [4.69, 9.17) is 4.74 Å². The second-order valence-electron chi connectivity index (χ2n) is 5.31. The molecule has 0 aliphatic carbocycles. The van der Waals surface area contributed by atoms with E-state index >= 15 is 0 Å². The number of hydrogen-bond acceptors (Lipinski definition) is 4. The Kier molecular flexibility index (Phi) is 3.98. The molecular weight excluding hydrogens is 296 g/mol. The van der Waals surface area contributed by atoms with Gasteiger partial charge in [-0.15, -0.1) is 11.3 Å². The largest absolute Gasteiger partial charge is 0.497 e. The molecule has 22 heavy (non-hydrogen) atoms. The van der Waals surface area contributed by atoms with Crippen molar-refractivity contribution in [2.24, 2.45) is 5.10 Å². The third-order valence-electron chi connectivity index (χ3n) is 3.75. The van der Waals surface area contributed by atoms with Crippen LogP contribution in [0.3, 0.4) is 0 Å². The summed E-state index contributed by atoms with van der Waals surface area (Å²) in [5.74, 6) is 0.788. The van der Waals surface area contributed by atoms with Crippen molar-refractivity contribution in [3.8, 4) is 5.75 Å². The Hall–Kier alpha value is -2.14. The summed E-state index contributed by atoms with van der Waals surface area (Å²) < 4.78 is 5.18. The van der Waals surface area contributed by atoms with Crippen LogP contribution in [0.4, 0.5) is 0 Å². The molecule has 1 aromatic carbocycles. The first-order chi connectivity index (χ1) is 10.6. The number of benzene rings is 1. The van der Waals surface area contributed by atoms with Crippen LogP contribution in [0.15, 0.2) is 41.5 Å². The van der Waals surface area contributed by atoms with Gasteiger partial charge in [0.2, 0.25) is 5.91 Å². The fraction of sp³-hybridized carbons (Fsp3) is 0.294. The average Bonchev–Trinajstić information content (AvgIpc) is 3.13. The van der Waals surface area contributed by atoms with Crippen molar-refractivity contribution in [2.75, 3.05) is 7.11 Å². The number of aryl methyl sites for hydroxylation is 1. The molecule has 1 atom stereocenters. The lowest BCUT2D eigenvalue weighted by atomic mass is 10.0. The fourth-order valence-corrected chi connectivity index (χ4v) is 3.58. The van der Waals surface area contributed by atoms with Crippen LogP contribution in [0.5, 0.6) is 5.75 Å². The number of nitrogens with zero attached hydrogens (tertiary/aromatic N) is 2. The minimum Gasteiger partial charge on any atom is -0.497 e. The maximum Gasteiger partial charge on any atom is 0.240 e. The zero-order chi connectivity index (χ0) is 15.7. The number of methoxy groups -OCH3 is 1. The van der Waals surface area contributed by atoms with E-state index in [1.165, 1.54) is 9.75 Å². The van der Waals surface area contributed by atoms with Crippen molar-refractivity contribution >= 4 is 23.0 Å². The third kappa shape index (κ3) is 2.76. The highest BCUT2D eigenvalue weighted by molar-refractivity contribution is 7.12. The average molecular weight is 314 g/mol. The zero-order valence-corrected chi connectivity index (χ0v) is 13.7. The van der Waals surface area contributed by atoms with Gasteiger partial charge in [0.1, 0.15) is 5.75 Å². The Morgan fingerprint density at radius 2 is 2.00 bits per heavy atom. The predicted molar refractivity (Wildman–Crippen MR) is 88.5 cm³/mol. The number of rotatable bonds is 3. The highest BCUT2D eigenvalue weighted by Gasteiger charge is 2.32. The highest BCUT2D eigenvalue weighted by Crippen LogP contribution is 2.36. The number of carbonyl (C=O) groups excluding carboxylic acids is 1. The number of hydrogen-bond donors (Lipinski definition) is 0. The summed E-state index contributed by atoms with van der Waals surface area (Å²) in [7, 11) is 1.65. The Labute approximate surface area is 134 Å². The molecule has 0 N–H and O–H groups in total. The minimum absolute atomic E-state index is 0.00769. The number of hydrazone groups is 1. The summed E-state index contributed by atoms with van der Waals surface area (Å²) in [4.78, 5) is 14.3. The van der Waals surface area contributed by atoms with Gasteiger partial charge in [-0.1, -0.05) is 0 Å². The van der Waals surface area contributed by atoms with Crippen LogP contribution in [0.25, 0.3) is 0 Å². The molecule has 0 bridgehead atoms. The molecule has 4 nitrogen and oxygen atoms in total. The molecule has 0 fully saturated rings. The summed E-state index contributed by atoms with van der Waals surface area (Å²) in [6, 6.07) is 12.0. The van der Waals surface area contributed by atoms with Gasteiger partial charge in [0.25, 0.3) is 0 Å². The van der Waals surface area contributed by atoms with E-state index in [9.17, 15) is 4.79 Å². The Morgan fingerprint density at radius 1 is 1.27 bits per heavy atom. The number of amides is 1. The molecule has 1 aliphatic heterocycles. The van der Waals surface area contributed by atoms with Crippen LogP contribution >= 0.6 is 11.3 Å². The second-order valence-corrected chi connectivity index (χ2v) is 6.63. The highest BCUT2D eigenvalue weighted by atomic mass is 32.1. The molecule has 5 heteroatoms. The van der Waals surface area contributed by atoms with E-state index in [1.807, 2.05) is 24.3 Å². The summed E-state index contributed by atoms with van der Waals surface area (Å²) in [6.07, 6.45) is 0.742. The maximum absolute atomic E-state index is 11.9. The lowest BCUT2D eigenvalue weighted by Gasteiger charge is -2.18. The lowest BCUT2D eigenvalue weighted by Crippen LogP contribution is -2.23. The van der Waals surface area contributed by atoms with Crippen LogP contribution < -0.4 is 4.74 Å². The van der Waals surface area contributed by atoms with Gasteiger partial charge in [0.05, 0.1) is 18.9 Å². The first-order valence-electron chi connectivity index (χ1n) is 7.16. The maximum atomic E-state index is 11.9. The van der Waals surface area contributed by atoms with Crippen LogP contribution in [0.1, 0.15) is 34.7 Å². The molecule has 0 spiro atoms. The SMILES string of the molecule is COc1ccc(C2=NN(C(C)=O)C(c3ccc(C)s3)C2)cc1. The normalized spacial score (nSPS) is 17.5. The first-order valence-corrected chi connectivity index (χ1v) is 7.98. The van der Waals surface area contributed by atoms with Gasteiger partial charge >= 0.3 is 0 Å². The zero-order valence-electron chi connectivity index (χ0n) is 12.9. The molecule has 3 rings (SSSR count). The van der Waals surface area contributed by atoms with Crippen LogP contribution in [0.2, 0.25) is 0 Å². The number of carbonyl (C=O) groups is 1. The van der Waals surface area contributed by atoms with Gasteiger partial charge in [-0.3, -0.25) is 4.79 Å². The molecule has 0 saturated heterocycles. The van der Waals surface area contributed by atoms with Gasteiger partial charge in [-0.2, -0.15) is 5.10 Å². The molecule has 0 radical (unpaired) electrons. The summed E-state index contributed by atoms with van der Waals surface area (Å²) in [5, 5.41) is 6.15. The van der Waals surface area contributed by atoms with E-state index in [-0.39, 0.29) is 11.9 Å². The first kappa shape index (κ1) is 14.8. The third-order valence-corrected chi connectivity index (χ3v) is 4.85. The summed E-state index contributed by atoms with van der Waals surface area (Å²) in [6.45, 7) is 3.64. The minimum atomic E-state index is -0.0282. The Morgan fingerprint density at radius 3 is 2.55 bits per heavy atom. The standard InChI is InChI=1S/C17H18N2O2S/c1-11-4-9-17(22-11)16-10-15(18-19(16)12(2)20)13-5-7-14(21-3)8-6-13/h4-9,16H,10H2,1-3H3. The van der Waals surface area contributed by atoms with Gasteiger partial charge < -0.3 is 4.74 Å². The topological polar surface area (TPSA) is 41.9 Å². The molecule has 1 amide bonds. The van der Waals surface area contributed by atoms with Crippen molar-refractivity contribution in [1.29, 1.82) is 0 Å². The van der Waals surface area contributed by atoms with Crippen molar-refractivity contribution in [2.45, 2.75) is 26.3 Å².